The van der Waals surface area contributed by atoms with E-state index in [4.69, 9.17) is 4.74 Å². The van der Waals surface area contributed by atoms with Gasteiger partial charge < -0.3 is 10.1 Å². The SMILES string of the molecule is CNCC(=O)c1ccc(OC(=O)c2ccccc2)cc1. The molecule has 2 aromatic rings. The standard InChI is InChI=1S/C16H15NO3/c1-17-11-15(18)12-7-9-14(10-8-12)20-16(19)13-5-3-2-4-6-13/h2-10,17H,11H2,1H3. The Morgan fingerprint density at radius 2 is 1.60 bits per heavy atom. The fraction of sp³-hybridized carbons (Fsp3) is 0.125. The van der Waals surface area contributed by atoms with Crippen LogP contribution in [0.25, 0.3) is 0 Å². The van der Waals surface area contributed by atoms with Crippen LogP contribution in [0.5, 0.6) is 5.75 Å². The third-order valence-corrected chi connectivity index (χ3v) is 2.73. The van der Waals surface area contributed by atoms with E-state index in [1.165, 1.54) is 0 Å². The zero-order valence-electron chi connectivity index (χ0n) is 11.1. The number of ether oxygens (including phenoxy) is 1. The van der Waals surface area contributed by atoms with Crippen LogP contribution < -0.4 is 10.1 Å². The summed E-state index contributed by atoms with van der Waals surface area (Å²) in [5.41, 5.74) is 1.07. The average Bonchev–Trinajstić information content (AvgIpc) is 2.49. The highest BCUT2D eigenvalue weighted by atomic mass is 16.5. The summed E-state index contributed by atoms with van der Waals surface area (Å²) in [6, 6.07) is 15.3. The Hall–Kier alpha value is -2.46. The highest BCUT2D eigenvalue weighted by molar-refractivity contribution is 5.97. The molecule has 0 atom stereocenters. The number of rotatable bonds is 5. The molecule has 0 bridgehead atoms. The second-order valence-electron chi connectivity index (χ2n) is 4.23. The zero-order valence-corrected chi connectivity index (χ0v) is 11.1. The van der Waals surface area contributed by atoms with Gasteiger partial charge >= 0.3 is 5.97 Å². The quantitative estimate of drug-likeness (QED) is 0.514. The highest BCUT2D eigenvalue weighted by Crippen LogP contribution is 2.14. The van der Waals surface area contributed by atoms with Crippen LogP contribution in [0.3, 0.4) is 0 Å². The van der Waals surface area contributed by atoms with E-state index in [9.17, 15) is 9.59 Å². The molecular formula is C16H15NO3. The minimum atomic E-state index is -0.417. The lowest BCUT2D eigenvalue weighted by atomic mass is 10.1. The molecule has 0 spiro atoms. The molecule has 0 saturated carbocycles. The van der Waals surface area contributed by atoms with Crippen molar-refractivity contribution in [2.75, 3.05) is 13.6 Å². The number of esters is 1. The molecule has 2 aromatic carbocycles. The summed E-state index contributed by atoms with van der Waals surface area (Å²) in [7, 11) is 1.72. The number of carbonyl (C=O) groups is 2. The Morgan fingerprint density at radius 1 is 0.950 bits per heavy atom. The van der Waals surface area contributed by atoms with Gasteiger partial charge in [0, 0.05) is 5.56 Å². The topological polar surface area (TPSA) is 55.4 Å². The van der Waals surface area contributed by atoms with Crippen LogP contribution in [0.4, 0.5) is 0 Å². The van der Waals surface area contributed by atoms with E-state index in [2.05, 4.69) is 5.32 Å². The van der Waals surface area contributed by atoms with Gasteiger partial charge in [0.15, 0.2) is 5.78 Å². The summed E-state index contributed by atoms with van der Waals surface area (Å²) in [6.45, 7) is 0.281. The van der Waals surface area contributed by atoms with Crippen molar-refractivity contribution in [2.45, 2.75) is 0 Å². The van der Waals surface area contributed by atoms with Gasteiger partial charge in [0.1, 0.15) is 5.75 Å². The predicted molar refractivity (Wildman–Crippen MR) is 76.1 cm³/mol. The normalized spacial score (nSPS) is 10.1. The van der Waals surface area contributed by atoms with Crippen LogP contribution in [0.15, 0.2) is 54.6 Å². The fourth-order valence-electron chi connectivity index (χ4n) is 1.71. The Morgan fingerprint density at radius 3 is 2.20 bits per heavy atom. The number of ketones is 1. The van der Waals surface area contributed by atoms with E-state index >= 15 is 0 Å². The van der Waals surface area contributed by atoms with Crippen LogP contribution in [0, 0.1) is 0 Å². The monoisotopic (exact) mass is 269 g/mol. The largest absolute Gasteiger partial charge is 0.423 e. The van der Waals surface area contributed by atoms with Gasteiger partial charge in [0.2, 0.25) is 0 Å². The number of likely N-dealkylation sites (N-methyl/N-ethyl adjacent to an activating group) is 1. The number of nitrogens with one attached hydrogen (secondary N) is 1. The molecule has 0 aliphatic heterocycles. The molecule has 0 aliphatic rings. The molecule has 2 rings (SSSR count). The lowest BCUT2D eigenvalue weighted by Crippen LogP contribution is -2.18. The minimum absolute atomic E-state index is 0.00608. The molecule has 0 aliphatic carbocycles. The first-order valence-electron chi connectivity index (χ1n) is 6.26. The Labute approximate surface area is 117 Å². The Balaban J connectivity index is 2.04. The molecule has 20 heavy (non-hydrogen) atoms. The molecule has 0 fully saturated rings. The minimum Gasteiger partial charge on any atom is -0.423 e. The molecule has 1 N–H and O–H groups in total. The number of carbonyl (C=O) groups excluding carboxylic acids is 2. The maximum absolute atomic E-state index is 11.8. The predicted octanol–water partition coefficient (Wildman–Crippen LogP) is 2.31. The van der Waals surface area contributed by atoms with Crippen molar-refractivity contribution in [1.82, 2.24) is 5.32 Å². The summed E-state index contributed by atoms with van der Waals surface area (Å²) >= 11 is 0. The zero-order chi connectivity index (χ0) is 14.4. The summed E-state index contributed by atoms with van der Waals surface area (Å²) in [5, 5.41) is 2.80. The third-order valence-electron chi connectivity index (χ3n) is 2.73. The average molecular weight is 269 g/mol. The number of benzene rings is 2. The van der Waals surface area contributed by atoms with Crippen LogP contribution in [-0.4, -0.2) is 25.3 Å². The maximum Gasteiger partial charge on any atom is 0.343 e. The molecule has 0 heterocycles. The van der Waals surface area contributed by atoms with Crippen LogP contribution in [0.2, 0.25) is 0 Å². The molecular weight excluding hydrogens is 254 g/mol. The second-order valence-corrected chi connectivity index (χ2v) is 4.23. The molecule has 4 nitrogen and oxygen atoms in total. The lowest BCUT2D eigenvalue weighted by molar-refractivity contribution is 0.0734. The van der Waals surface area contributed by atoms with Crippen molar-refractivity contribution in [3.8, 4) is 5.75 Å². The maximum atomic E-state index is 11.8. The van der Waals surface area contributed by atoms with Crippen molar-refractivity contribution in [3.63, 3.8) is 0 Å². The van der Waals surface area contributed by atoms with E-state index in [-0.39, 0.29) is 12.3 Å². The Bertz CT molecular complexity index is 591. The van der Waals surface area contributed by atoms with Gasteiger partial charge in [0.05, 0.1) is 12.1 Å². The van der Waals surface area contributed by atoms with E-state index in [0.717, 1.165) is 0 Å². The van der Waals surface area contributed by atoms with Crippen molar-refractivity contribution in [3.05, 3.63) is 65.7 Å². The van der Waals surface area contributed by atoms with Gasteiger partial charge in [-0.15, -0.1) is 0 Å². The summed E-state index contributed by atoms with van der Waals surface area (Å²) in [6.07, 6.45) is 0. The van der Waals surface area contributed by atoms with Crippen molar-refractivity contribution >= 4 is 11.8 Å². The van der Waals surface area contributed by atoms with Gasteiger partial charge in [-0.1, -0.05) is 18.2 Å². The van der Waals surface area contributed by atoms with Gasteiger partial charge in [-0.3, -0.25) is 4.79 Å². The number of hydrogen-bond donors (Lipinski definition) is 1. The molecule has 0 radical (unpaired) electrons. The van der Waals surface area contributed by atoms with E-state index in [1.807, 2.05) is 6.07 Å². The number of hydrogen-bond acceptors (Lipinski definition) is 4. The number of Topliss-reactive ketones (excluding diaryl/α,β-unsaturated/α-hetero) is 1. The van der Waals surface area contributed by atoms with Crippen molar-refractivity contribution in [1.29, 1.82) is 0 Å². The lowest BCUT2D eigenvalue weighted by Gasteiger charge is -2.05. The van der Waals surface area contributed by atoms with Crippen LogP contribution in [-0.2, 0) is 0 Å². The van der Waals surface area contributed by atoms with Crippen molar-refractivity contribution in [2.24, 2.45) is 0 Å². The smallest absolute Gasteiger partial charge is 0.343 e. The van der Waals surface area contributed by atoms with Crippen molar-refractivity contribution < 1.29 is 14.3 Å². The second kappa shape index (κ2) is 6.63. The molecule has 4 heteroatoms. The Kier molecular flexibility index (Phi) is 4.63. The molecule has 102 valence electrons. The van der Waals surface area contributed by atoms with E-state index in [1.54, 1.807) is 55.6 Å². The molecule has 0 saturated heterocycles. The third kappa shape index (κ3) is 3.52. The molecule has 0 aromatic heterocycles. The molecule has 0 unspecified atom stereocenters. The van der Waals surface area contributed by atoms with Crippen LogP contribution in [0.1, 0.15) is 20.7 Å². The fourth-order valence-corrected chi connectivity index (χ4v) is 1.71. The van der Waals surface area contributed by atoms with Crippen LogP contribution >= 0.6 is 0 Å². The first kappa shape index (κ1) is 14.0. The summed E-state index contributed by atoms with van der Waals surface area (Å²) in [5.74, 6) is -0.00630. The van der Waals surface area contributed by atoms with Gasteiger partial charge in [-0.2, -0.15) is 0 Å². The first-order valence-corrected chi connectivity index (χ1v) is 6.26. The molecule has 0 amide bonds. The van der Waals surface area contributed by atoms with E-state index < -0.39 is 5.97 Å². The van der Waals surface area contributed by atoms with E-state index in [0.29, 0.717) is 16.9 Å². The van der Waals surface area contributed by atoms with Gasteiger partial charge in [0.25, 0.3) is 0 Å². The van der Waals surface area contributed by atoms with Gasteiger partial charge in [-0.05, 0) is 43.4 Å². The summed E-state index contributed by atoms with van der Waals surface area (Å²) < 4.78 is 5.23. The highest BCUT2D eigenvalue weighted by Gasteiger charge is 2.09. The van der Waals surface area contributed by atoms with Gasteiger partial charge in [-0.25, -0.2) is 4.79 Å². The first-order chi connectivity index (χ1) is 9.70. The summed E-state index contributed by atoms with van der Waals surface area (Å²) in [4.78, 5) is 23.5.